The molecular formula is C98H162N14O6. The molecule has 10 atom stereocenters. The Hall–Kier alpha value is -5.98. The monoisotopic (exact) mass is 1630 g/mol. The van der Waals surface area contributed by atoms with E-state index in [0.29, 0.717) is 83.6 Å². The van der Waals surface area contributed by atoms with E-state index in [0.717, 1.165) is 127 Å². The average molecular weight is 1630 g/mol. The lowest BCUT2D eigenvalue weighted by Crippen LogP contribution is -2.25. The summed E-state index contributed by atoms with van der Waals surface area (Å²) < 4.78 is 22.1. The minimum absolute atomic E-state index is 0.197. The number of pyridine rings is 6. The standard InChI is InChI=1S/4C17H28N2O.2C15H25N3O/c4*1-12(2)16-9-8-15(17(18-16)11-19(3)4)13-6-7-14(10-13)20-5;2*1-11(2)13-5-6-15(14(16-13)10-17(3)4)18-8-7-12(19)9-18/h4*8-9,12-14H,6-7,10-11H2,1-5H3;2*5-6,11-12,19H,7-10H2,1-4H3/t2*13-,14+;2*13-,14-;2*12-/m101010/s1. The van der Waals surface area contributed by atoms with Crippen LogP contribution in [0.25, 0.3) is 0 Å². The Morgan fingerprint density at radius 2 is 0.483 bits per heavy atom. The molecule has 118 heavy (non-hydrogen) atoms. The van der Waals surface area contributed by atoms with Crippen LogP contribution in [-0.4, -0.2) is 245 Å². The van der Waals surface area contributed by atoms with E-state index >= 15 is 0 Å². The number of hydrogen-bond acceptors (Lipinski definition) is 20. The van der Waals surface area contributed by atoms with E-state index in [9.17, 15) is 10.2 Å². The number of aromatic nitrogens is 6. The zero-order chi connectivity index (χ0) is 86.8. The molecule has 8 heterocycles. The molecule has 20 heteroatoms. The predicted octanol–water partition coefficient (Wildman–Crippen LogP) is 17.9. The van der Waals surface area contributed by atoms with Gasteiger partial charge in [0.1, 0.15) is 0 Å². The van der Waals surface area contributed by atoms with Crippen LogP contribution in [0.2, 0.25) is 0 Å². The van der Waals surface area contributed by atoms with Gasteiger partial charge in [0, 0.05) is 128 Å². The molecule has 4 saturated carbocycles. The SMILES string of the molecule is CC(C)c1ccc(N2CC[C@@H](O)C2)c(CN(C)C)n1.CC(C)c1ccc(N2CC[C@H](O)C2)c(CN(C)C)n1.CO[C@@H]1CC[C@@H](c2ccc(C(C)C)nc2CN(C)C)C1.CO[C@@H]1CC[C@H](c2ccc(C(C)C)nc2CN(C)C)C1.CO[C@H]1CC[C@@H](c2ccc(C(C)C)nc2CN(C)C)C1.CO[C@H]1CC[C@H](c2ccc(C(C)C)nc2CN(C)C)C1. The molecule has 0 radical (unpaired) electrons. The fourth-order valence-corrected chi connectivity index (χ4v) is 17.3. The van der Waals surface area contributed by atoms with Crippen molar-refractivity contribution in [3.05, 3.63) is 163 Å². The van der Waals surface area contributed by atoms with E-state index in [2.05, 4.69) is 280 Å². The van der Waals surface area contributed by atoms with Gasteiger partial charge in [-0.1, -0.05) is 107 Å². The molecule has 2 aliphatic heterocycles. The van der Waals surface area contributed by atoms with Crippen LogP contribution in [0.3, 0.4) is 0 Å². The maximum atomic E-state index is 9.70. The molecule has 20 nitrogen and oxygen atoms in total. The molecule has 0 bridgehead atoms. The van der Waals surface area contributed by atoms with Gasteiger partial charge < -0.3 is 68.4 Å². The highest BCUT2D eigenvalue weighted by atomic mass is 16.5. The van der Waals surface area contributed by atoms with Gasteiger partial charge in [-0.25, -0.2) is 0 Å². The van der Waals surface area contributed by atoms with Crippen molar-refractivity contribution >= 4 is 11.4 Å². The Kier molecular flexibility index (Phi) is 41.0. The van der Waals surface area contributed by atoms with Crippen molar-refractivity contribution in [3.8, 4) is 0 Å². The van der Waals surface area contributed by atoms with Crippen molar-refractivity contribution in [3.63, 3.8) is 0 Å². The third-order valence-electron chi connectivity index (χ3n) is 24.1. The number of nitrogens with zero attached hydrogens (tertiary/aromatic N) is 14. The molecule has 0 spiro atoms. The molecule has 6 fully saturated rings. The summed E-state index contributed by atoms with van der Waals surface area (Å²) in [6.45, 7) is 35.0. The fourth-order valence-electron chi connectivity index (χ4n) is 17.3. The van der Waals surface area contributed by atoms with E-state index in [1.165, 1.54) is 131 Å². The van der Waals surface area contributed by atoms with E-state index in [1.54, 1.807) is 0 Å². The van der Waals surface area contributed by atoms with Gasteiger partial charge in [-0.15, -0.1) is 0 Å². The summed E-state index contributed by atoms with van der Waals surface area (Å²) in [5.74, 6) is 5.29. The van der Waals surface area contributed by atoms with Crippen molar-refractivity contribution in [2.24, 2.45) is 0 Å². The summed E-state index contributed by atoms with van der Waals surface area (Å²) in [6, 6.07) is 26.6. The van der Waals surface area contributed by atoms with Gasteiger partial charge >= 0.3 is 0 Å². The number of anilines is 2. The summed E-state index contributed by atoms with van der Waals surface area (Å²) in [5.41, 5.74) is 22.4. The first-order valence-electron chi connectivity index (χ1n) is 44.8. The fraction of sp³-hybridized carbons (Fsp3) is 0.694. The molecule has 0 aromatic carbocycles. The number of aliphatic hydroxyl groups excluding tert-OH is 2. The Labute approximate surface area is 716 Å². The lowest BCUT2D eigenvalue weighted by molar-refractivity contribution is 0.108. The molecule has 6 aliphatic rings. The predicted molar refractivity (Wildman–Crippen MR) is 490 cm³/mol. The molecule has 2 saturated heterocycles. The van der Waals surface area contributed by atoms with Crippen LogP contribution in [0.5, 0.6) is 0 Å². The maximum Gasteiger partial charge on any atom is 0.0780 e. The van der Waals surface area contributed by atoms with Crippen molar-refractivity contribution in [1.82, 2.24) is 59.3 Å². The number of rotatable bonds is 28. The molecular weight excluding hydrogens is 1470 g/mol. The zero-order valence-electron chi connectivity index (χ0n) is 78.9. The number of methoxy groups -OCH3 is 4. The van der Waals surface area contributed by atoms with Crippen molar-refractivity contribution in [2.75, 3.05) is 149 Å². The third kappa shape index (κ3) is 30.8. The Morgan fingerprint density at radius 1 is 0.288 bits per heavy atom. The van der Waals surface area contributed by atoms with Gasteiger partial charge in [0.25, 0.3) is 0 Å². The van der Waals surface area contributed by atoms with Crippen LogP contribution in [0.15, 0.2) is 72.8 Å². The van der Waals surface area contributed by atoms with Gasteiger partial charge in [-0.2, -0.15) is 0 Å². The molecule has 4 aliphatic carbocycles. The Bertz CT molecular complexity index is 3500. The lowest BCUT2D eigenvalue weighted by atomic mass is 9.94. The first kappa shape index (κ1) is 99.1. The average Bonchev–Trinajstić information content (AvgIpc) is 1.63. The normalized spacial score (nSPS) is 21.9. The van der Waals surface area contributed by atoms with Crippen molar-refractivity contribution < 1.29 is 29.2 Å². The second kappa shape index (κ2) is 48.8. The molecule has 6 aromatic rings. The van der Waals surface area contributed by atoms with E-state index < -0.39 is 0 Å². The number of ether oxygens (including phenoxy) is 4. The highest BCUT2D eigenvalue weighted by molar-refractivity contribution is 5.54. The first-order chi connectivity index (χ1) is 56.0. The van der Waals surface area contributed by atoms with Gasteiger partial charge in [0.15, 0.2) is 0 Å². The molecule has 6 aromatic heterocycles. The van der Waals surface area contributed by atoms with Gasteiger partial charge in [-0.3, -0.25) is 29.9 Å². The summed E-state index contributed by atoms with van der Waals surface area (Å²) in [6.07, 6.45) is 17.2. The van der Waals surface area contributed by atoms with Crippen LogP contribution >= 0.6 is 0 Å². The highest BCUT2D eigenvalue weighted by Gasteiger charge is 2.34. The van der Waals surface area contributed by atoms with E-state index in [-0.39, 0.29) is 12.2 Å². The van der Waals surface area contributed by atoms with E-state index in [1.807, 2.05) is 28.4 Å². The second-order valence-corrected chi connectivity index (χ2v) is 38.1. The topological polar surface area (TPSA) is 181 Å². The van der Waals surface area contributed by atoms with Crippen LogP contribution in [0.4, 0.5) is 11.4 Å². The van der Waals surface area contributed by atoms with Crippen molar-refractivity contribution in [1.29, 1.82) is 0 Å². The maximum absolute atomic E-state index is 9.70. The van der Waals surface area contributed by atoms with Crippen LogP contribution < -0.4 is 9.80 Å². The third-order valence-corrected chi connectivity index (χ3v) is 24.1. The Balaban J connectivity index is 0.000000195. The van der Waals surface area contributed by atoms with Gasteiger partial charge in [0.05, 0.1) is 82.2 Å². The number of aliphatic hydroxyl groups is 2. The van der Waals surface area contributed by atoms with Gasteiger partial charge in [-0.05, 0) is 304 Å². The summed E-state index contributed by atoms with van der Waals surface area (Å²) in [7, 11) is 32.4. The van der Waals surface area contributed by atoms with Crippen molar-refractivity contribution in [2.45, 2.75) is 308 Å². The number of hydrogen-bond donors (Lipinski definition) is 2. The molecule has 0 amide bonds. The zero-order valence-corrected chi connectivity index (χ0v) is 78.9. The minimum Gasteiger partial charge on any atom is -0.391 e. The number of β-amino-alcohol motifs (C(OH)–C–C–N with tert-alkyl or cyclic N) is 2. The van der Waals surface area contributed by atoms with Crippen LogP contribution in [0.1, 0.15) is 323 Å². The first-order valence-corrected chi connectivity index (χ1v) is 44.8. The lowest BCUT2D eigenvalue weighted by Gasteiger charge is -2.23. The molecule has 2 N–H and O–H groups in total. The molecule has 660 valence electrons. The van der Waals surface area contributed by atoms with Gasteiger partial charge in [0.2, 0.25) is 0 Å². The highest BCUT2D eigenvalue weighted by Crippen LogP contribution is 2.42. The summed E-state index contributed by atoms with van der Waals surface area (Å²) in [5, 5.41) is 19.4. The summed E-state index contributed by atoms with van der Waals surface area (Å²) >= 11 is 0. The largest absolute Gasteiger partial charge is 0.391 e. The second-order valence-electron chi connectivity index (χ2n) is 38.1. The van der Waals surface area contributed by atoms with Crippen LogP contribution in [0, 0.1) is 0 Å². The molecule has 0 unspecified atom stereocenters. The van der Waals surface area contributed by atoms with E-state index in [4.69, 9.17) is 48.9 Å². The summed E-state index contributed by atoms with van der Waals surface area (Å²) in [4.78, 5) is 46.9. The minimum atomic E-state index is -0.197. The Morgan fingerprint density at radius 3 is 0.653 bits per heavy atom. The quantitative estimate of drug-likeness (QED) is 0.0473. The molecule has 12 rings (SSSR count). The smallest absolute Gasteiger partial charge is 0.0780 e. The van der Waals surface area contributed by atoms with Crippen LogP contribution in [-0.2, 0) is 58.2 Å².